The number of hydrogen-bond acceptors (Lipinski definition) is 4. The lowest BCUT2D eigenvalue weighted by atomic mass is 10.0. The van der Waals surface area contributed by atoms with Crippen molar-refractivity contribution in [2.45, 2.75) is 31.9 Å². The molecule has 32 heavy (non-hydrogen) atoms. The molecule has 0 unspecified atom stereocenters. The van der Waals surface area contributed by atoms with Crippen molar-refractivity contribution < 1.29 is 8.42 Å². The maximum atomic E-state index is 11.6. The molecule has 0 atom stereocenters. The van der Waals surface area contributed by atoms with Gasteiger partial charge in [0.25, 0.3) is 5.56 Å². The number of aromatic nitrogens is 2. The van der Waals surface area contributed by atoms with Crippen LogP contribution in [0.5, 0.6) is 0 Å². The van der Waals surface area contributed by atoms with Gasteiger partial charge in [-0.2, -0.15) is 0 Å². The first-order valence-corrected chi connectivity index (χ1v) is 12.5. The Kier molecular flexibility index (Phi) is 8.11. The van der Waals surface area contributed by atoms with Crippen LogP contribution in [0.4, 0.5) is 0 Å². The van der Waals surface area contributed by atoms with Crippen molar-refractivity contribution >= 4 is 33.2 Å². The molecule has 0 saturated carbocycles. The zero-order valence-electron chi connectivity index (χ0n) is 17.9. The number of sulfonamides is 1. The van der Waals surface area contributed by atoms with Crippen molar-refractivity contribution in [2.24, 2.45) is 0 Å². The van der Waals surface area contributed by atoms with Gasteiger partial charge in [-0.05, 0) is 51.0 Å². The van der Waals surface area contributed by atoms with Crippen LogP contribution >= 0.6 is 23.2 Å². The number of rotatable bonds is 4. The Balaban J connectivity index is 0.000000222. The van der Waals surface area contributed by atoms with Gasteiger partial charge >= 0.3 is 0 Å². The van der Waals surface area contributed by atoms with Gasteiger partial charge in [0.05, 0.1) is 22.8 Å². The van der Waals surface area contributed by atoms with Crippen LogP contribution in [-0.4, -0.2) is 41.0 Å². The Bertz CT molecular complexity index is 1200. The molecule has 0 radical (unpaired) electrons. The van der Waals surface area contributed by atoms with Crippen LogP contribution in [-0.2, 0) is 10.0 Å². The molecule has 9 heteroatoms. The summed E-state index contributed by atoms with van der Waals surface area (Å²) in [4.78, 5) is 18.7. The second-order valence-electron chi connectivity index (χ2n) is 7.68. The van der Waals surface area contributed by atoms with E-state index in [1.165, 1.54) is 6.20 Å². The van der Waals surface area contributed by atoms with Crippen molar-refractivity contribution in [1.29, 1.82) is 0 Å². The van der Waals surface area contributed by atoms with E-state index in [1.54, 1.807) is 42.4 Å². The Morgan fingerprint density at radius 1 is 0.906 bits per heavy atom. The van der Waals surface area contributed by atoms with Gasteiger partial charge in [-0.25, -0.2) is 17.7 Å². The molecular weight excluding hydrogens is 469 g/mol. The Morgan fingerprint density at radius 2 is 1.41 bits per heavy atom. The number of halogens is 2. The molecule has 1 aliphatic rings. The number of hydrogen-bond donors (Lipinski definition) is 1. The maximum absolute atomic E-state index is 11.6. The third kappa shape index (κ3) is 5.98. The normalized spacial score (nSPS) is 14.3. The van der Waals surface area contributed by atoms with E-state index < -0.39 is 10.0 Å². The third-order valence-corrected chi connectivity index (χ3v) is 7.85. The molecule has 2 heterocycles. The van der Waals surface area contributed by atoms with Crippen LogP contribution in [0.15, 0.2) is 59.5 Å². The largest absolute Gasteiger partial charge is 0.319 e. The van der Waals surface area contributed by atoms with Gasteiger partial charge in [-0.3, -0.25) is 4.79 Å². The first kappa shape index (κ1) is 24.5. The van der Waals surface area contributed by atoms with Gasteiger partial charge in [0.2, 0.25) is 10.0 Å². The molecule has 4 rings (SSSR count). The van der Waals surface area contributed by atoms with Crippen LogP contribution in [0.25, 0.3) is 22.5 Å². The number of benzene rings is 2. The SMILES string of the molecule is CC(C)S(=O)(=O)N1CCCC1.O=c1cnc(-c2ccc(Cl)cc2)c(-c2ccc(Cl)cc2)[nH]1. The highest BCUT2D eigenvalue weighted by atomic mass is 35.5. The zero-order chi connectivity index (χ0) is 23.3. The van der Waals surface area contributed by atoms with Crippen LogP contribution < -0.4 is 5.56 Å². The Morgan fingerprint density at radius 3 is 1.91 bits per heavy atom. The van der Waals surface area contributed by atoms with E-state index in [1.807, 2.05) is 24.3 Å². The monoisotopic (exact) mass is 493 g/mol. The lowest BCUT2D eigenvalue weighted by Gasteiger charge is -2.17. The van der Waals surface area contributed by atoms with E-state index in [0.29, 0.717) is 21.4 Å². The zero-order valence-corrected chi connectivity index (χ0v) is 20.2. The molecule has 1 saturated heterocycles. The van der Waals surface area contributed by atoms with E-state index in [4.69, 9.17) is 23.2 Å². The first-order chi connectivity index (χ1) is 15.2. The first-order valence-electron chi connectivity index (χ1n) is 10.3. The lowest BCUT2D eigenvalue weighted by Crippen LogP contribution is -2.33. The summed E-state index contributed by atoms with van der Waals surface area (Å²) in [5.74, 6) is 0. The molecule has 6 nitrogen and oxygen atoms in total. The van der Waals surface area contributed by atoms with Crippen molar-refractivity contribution in [3.05, 3.63) is 75.1 Å². The molecule has 0 spiro atoms. The second kappa shape index (κ2) is 10.6. The summed E-state index contributed by atoms with van der Waals surface area (Å²) in [6, 6.07) is 14.5. The van der Waals surface area contributed by atoms with Gasteiger partial charge in [0.1, 0.15) is 0 Å². The molecule has 1 fully saturated rings. The average molecular weight is 494 g/mol. The van der Waals surface area contributed by atoms with Crippen molar-refractivity contribution in [2.75, 3.05) is 13.1 Å². The van der Waals surface area contributed by atoms with Crippen LogP contribution in [0.3, 0.4) is 0 Å². The third-order valence-electron chi connectivity index (χ3n) is 5.07. The number of nitrogens with one attached hydrogen (secondary N) is 1. The predicted molar refractivity (Wildman–Crippen MR) is 131 cm³/mol. The average Bonchev–Trinajstić information content (AvgIpc) is 3.31. The van der Waals surface area contributed by atoms with Crippen molar-refractivity contribution in [3.63, 3.8) is 0 Å². The smallest absolute Gasteiger partial charge is 0.266 e. The van der Waals surface area contributed by atoms with Gasteiger partial charge in [0, 0.05) is 34.3 Å². The van der Waals surface area contributed by atoms with Gasteiger partial charge < -0.3 is 4.98 Å². The summed E-state index contributed by atoms with van der Waals surface area (Å²) >= 11 is 11.8. The number of aromatic amines is 1. The summed E-state index contributed by atoms with van der Waals surface area (Å²) < 4.78 is 24.5. The van der Waals surface area contributed by atoms with Gasteiger partial charge in [-0.1, -0.05) is 47.5 Å². The molecule has 170 valence electrons. The summed E-state index contributed by atoms with van der Waals surface area (Å²) in [6.07, 6.45) is 3.31. The van der Waals surface area contributed by atoms with E-state index in [-0.39, 0.29) is 10.8 Å². The molecule has 0 aliphatic carbocycles. The van der Waals surface area contributed by atoms with Gasteiger partial charge in [-0.15, -0.1) is 0 Å². The fourth-order valence-electron chi connectivity index (χ4n) is 3.30. The fraction of sp³-hybridized carbons (Fsp3) is 0.304. The number of H-pyrrole nitrogens is 1. The maximum Gasteiger partial charge on any atom is 0.266 e. The van der Waals surface area contributed by atoms with Crippen LogP contribution in [0.2, 0.25) is 10.0 Å². The minimum absolute atomic E-state index is 0.252. The molecule has 0 amide bonds. The minimum atomic E-state index is -2.94. The highest BCUT2D eigenvalue weighted by Crippen LogP contribution is 2.29. The van der Waals surface area contributed by atoms with Crippen LogP contribution in [0.1, 0.15) is 26.7 Å². The molecule has 1 N–H and O–H groups in total. The quantitative estimate of drug-likeness (QED) is 0.539. The summed E-state index contributed by atoms with van der Waals surface area (Å²) in [6.45, 7) is 4.91. The van der Waals surface area contributed by atoms with E-state index >= 15 is 0 Å². The molecule has 1 aromatic heterocycles. The highest BCUT2D eigenvalue weighted by Gasteiger charge is 2.27. The van der Waals surface area contributed by atoms with Crippen molar-refractivity contribution in [3.8, 4) is 22.5 Å². The molecule has 2 aromatic carbocycles. The fourth-order valence-corrected chi connectivity index (χ4v) is 4.91. The lowest BCUT2D eigenvalue weighted by molar-refractivity contribution is 0.470. The summed E-state index contributed by atoms with van der Waals surface area (Å²) in [5, 5.41) is 1.02. The minimum Gasteiger partial charge on any atom is -0.319 e. The van der Waals surface area contributed by atoms with E-state index in [9.17, 15) is 13.2 Å². The highest BCUT2D eigenvalue weighted by molar-refractivity contribution is 7.89. The Hall–Kier alpha value is -2.19. The molecule has 3 aromatic rings. The molecule has 0 bridgehead atoms. The van der Waals surface area contributed by atoms with E-state index in [0.717, 1.165) is 37.1 Å². The van der Waals surface area contributed by atoms with Crippen molar-refractivity contribution in [1.82, 2.24) is 14.3 Å². The topological polar surface area (TPSA) is 83.1 Å². The standard InChI is InChI=1S/C16H10Cl2N2O.C7H15NO2S/c17-12-5-1-10(2-6-12)15-16(20-14(21)9-19-15)11-3-7-13(18)8-4-11;1-7(2)11(9,10)8-5-3-4-6-8/h1-9H,(H,20,21);7H,3-6H2,1-2H3. The summed E-state index contributed by atoms with van der Waals surface area (Å²) in [5.41, 5.74) is 2.81. The molecule has 1 aliphatic heterocycles. The molecular formula is C23H25Cl2N3O3S. The van der Waals surface area contributed by atoms with E-state index in [2.05, 4.69) is 9.97 Å². The Labute approximate surface area is 198 Å². The van der Waals surface area contributed by atoms with Crippen LogP contribution in [0, 0.1) is 0 Å². The predicted octanol–water partition coefficient (Wildman–Crippen LogP) is 5.23. The number of nitrogens with zero attached hydrogens (tertiary/aromatic N) is 2. The summed E-state index contributed by atoms with van der Waals surface area (Å²) in [7, 11) is -2.94. The van der Waals surface area contributed by atoms with Gasteiger partial charge in [0.15, 0.2) is 0 Å². The second-order valence-corrected chi connectivity index (χ2v) is 11.0.